The van der Waals surface area contributed by atoms with Crippen LogP contribution in [0, 0.1) is 46.5 Å². The van der Waals surface area contributed by atoms with Gasteiger partial charge in [0.2, 0.25) is 0 Å². The molecule has 2 rings (SSSR count). The van der Waals surface area contributed by atoms with E-state index < -0.39 is 65.2 Å². The molecular weight excluding hydrogens is 456 g/mol. The Morgan fingerprint density at radius 3 is 1.20 bits per heavy atom. The van der Waals surface area contributed by atoms with E-state index in [1.54, 1.807) is 0 Å². The monoisotopic (exact) mass is 460 g/mol. The van der Waals surface area contributed by atoms with Gasteiger partial charge in [-0.1, -0.05) is 6.55 Å². The summed E-state index contributed by atoms with van der Waals surface area (Å²) in [5.41, 5.74) is 0. The molecule has 132 valence electrons. The van der Waals surface area contributed by atoms with E-state index >= 15 is 0 Å². The first-order valence-corrected chi connectivity index (χ1v) is 8.28. The Hall–Kier alpha value is -0.697. The minimum atomic E-state index is -5.01. The van der Waals surface area contributed by atoms with E-state index in [4.69, 9.17) is 0 Å². The van der Waals surface area contributed by atoms with Crippen molar-refractivity contribution in [2.75, 3.05) is 0 Å². The van der Waals surface area contributed by atoms with Crippen LogP contribution in [0.3, 0.4) is 0 Å². The van der Waals surface area contributed by atoms with E-state index in [1.165, 1.54) is 0 Å². The van der Waals surface area contributed by atoms with Crippen molar-refractivity contribution in [3.63, 3.8) is 0 Å². The molecule has 2 aromatic carbocycles. The number of hydrogen-bond acceptors (Lipinski definition) is 1. The van der Waals surface area contributed by atoms with Gasteiger partial charge in [0.25, 0.3) is 0 Å². The summed E-state index contributed by atoms with van der Waals surface area (Å²) in [5.74, 6) is -17.1. The third kappa shape index (κ3) is 4.02. The molecule has 0 aromatic heterocycles. The van der Waals surface area contributed by atoms with Gasteiger partial charge in [-0.25, -0.2) is 35.1 Å². The van der Waals surface area contributed by atoms with E-state index in [2.05, 4.69) is 0 Å². The quantitative estimate of drug-likeness (QED) is 0.231. The van der Waals surface area contributed by atoms with E-state index in [-0.39, 0.29) is 52.2 Å². The summed E-state index contributed by atoms with van der Waals surface area (Å²) >= 11 is 0. The van der Waals surface area contributed by atoms with Crippen molar-refractivity contribution >= 4 is 41.7 Å². The molecule has 0 spiro atoms. The maximum Gasteiger partial charge on any atom is 2.00 e. The van der Waals surface area contributed by atoms with Crippen LogP contribution < -0.4 is 32.2 Å². The largest absolute Gasteiger partial charge is 2.00 e. The normalized spacial score (nSPS) is 11.0. The molecular formula is C13H5BrF8MgOSi. The number of rotatable bonds is 2. The first kappa shape index (κ1) is 24.3. The first-order valence-electron chi connectivity index (χ1n) is 5.87. The molecule has 0 saturated carbocycles. The van der Waals surface area contributed by atoms with Gasteiger partial charge in [0.05, 0.1) is 0 Å². The summed E-state index contributed by atoms with van der Waals surface area (Å²) in [7, 11) is -5.01. The molecule has 0 radical (unpaired) electrons. The molecule has 0 aliphatic carbocycles. The molecule has 0 fully saturated rings. The van der Waals surface area contributed by atoms with Crippen LogP contribution in [0.1, 0.15) is 0 Å². The number of hydrogen-bond donors (Lipinski definition) is 0. The van der Waals surface area contributed by atoms with Crippen molar-refractivity contribution in [1.82, 2.24) is 0 Å². The van der Waals surface area contributed by atoms with Crippen LogP contribution in [0.2, 0.25) is 6.55 Å². The van der Waals surface area contributed by atoms with Crippen molar-refractivity contribution in [3.05, 3.63) is 58.7 Å². The number of halogens is 9. The Labute approximate surface area is 163 Å². The number of benzene rings is 2. The van der Waals surface area contributed by atoms with Crippen LogP contribution in [0.5, 0.6) is 0 Å². The molecule has 25 heavy (non-hydrogen) atoms. The molecule has 0 amide bonds. The molecule has 0 heterocycles. The second-order valence-corrected chi connectivity index (χ2v) is 7.87. The van der Waals surface area contributed by atoms with Crippen molar-refractivity contribution in [1.29, 1.82) is 0 Å². The average molecular weight is 461 g/mol. The van der Waals surface area contributed by atoms with E-state index in [9.17, 15) is 39.9 Å². The Kier molecular flexibility index (Phi) is 8.10. The Morgan fingerprint density at radius 1 is 0.640 bits per heavy atom. The minimum absolute atomic E-state index is 0. The predicted octanol–water partition coefficient (Wildman–Crippen LogP) is -1.53. The van der Waals surface area contributed by atoms with Gasteiger partial charge in [-0.3, -0.25) is 0 Å². The zero-order valence-electron chi connectivity index (χ0n) is 12.2. The molecule has 0 bridgehead atoms. The second-order valence-electron chi connectivity index (χ2n) is 4.73. The smallest absolute Gasteiger partial charge is 1.00 e. The van der Waals surface area contributed by atoms with Crippen molar-refractivity contribution < 1.29 is 56.9 Å². The molecule has 0 atom stereocenters. The van der Waals surface area contributed by atoms with Crippen LogP contribution in [0.25, 0.3) is 0 Å². The first-order chi connectivity index (χ1) is 10.5. The molecule has 2 aromatic rings. The summed E-state index contributed by atoms with van der Waals surface area (Å²) in [6.07, 6.45) is 0. The third-order valence-corrected chi connectivity index (χ3v) is 6.02. The Bertz CT molecular complexity index is 752. The van der Waals surface area contributed by atoms with Crippen molar-refractivity contribution in [2.45, 2.75) is 6.55 Å². The summed E-state index contributed by atoms with van der Waals surface area (Å²) < 4.78 is 106. The molecule has 0 saturated heterocycles. The van der Waals surface area contributed by atoms with E-state index in [0.717, 1.165) is 0 Å². The molecule has 0 aliphatic heterocycles. The van der Waals surface area contributed by atoms with Gasteiger partial charge in [-0.2, -0.15) is 0 Å². The molecule has 0 unspecified atom stereocenters. The zero-order chi connectivity index (χ0) is 17.7. The van der Waals surface area contributed by atoms with Gasteiger partial charge >= 0.3 is 23.1 Å². The van der Waals surface area contributed by atoms with E-state index in [1.807, 2.05) is 0 Å². The topological polar surface area (TPSA) is 23.1 Å². The molecule has 0 aliphatic rings. The van der Waals surface area contributed by atoms with Gasteiger partial charge in [-0.15, -0.1) is 0 Å². The van der Waals surface area contributed by atoms with Gasteiger partial charge in [-0.05, 0) is 22.5 Å². The zero-order valence-corrected chi connectivity index (χ0v) is 16.2. The predicted molar refractivity (Wildman–Crippen MR) is 69.2 cm³/mol. The maximum absolute atomic E-state index is 13.7. The van der Waals surface area contributed by atoms with Crippen LogP contribution in [0.4, 0.5) is 35.1 Å². The van der Waals surface area contributed by atoms with Gasteiger partial charge in [0, 0.05) is 8.32 Å². The molecule has 1 nitrogen and oxygen atoms in total. The summed E-state index contributed by atoms with van der Waals surface area (Å²) in [6, 6.07) is -0.0167. The second kappa shape index (κ2) is 8.33. The standard InChI is InChI=1S/C13H5F8OSi.BrH.Mg/c1-23(22,6-2-4(14)8(16)12(20)10(6)18)7-3-5(15)9(17)13(21)11(7)19;;/h2-3H,1H3;1H;/q-1;;+2/p-1. The van der Waals surface area contributed by atoms with Crippen molar-refractivity contribution in [2.24, 2.45) is 0 Å². The summed E-state index contributed by atoms with van der Waals surface area (Å²) in [5, 5.41) is -2.61. The van der Waals surface area contributed by atoms with Gasteiger partial charge < -0.3 is 21.8 Å². The van der Waals surface area contributed by atoms with Crippen LogP contribution in [0.15, 0.2) is 12.1 Å². The molecule has 0 N–H and O–H groups in total. The summed E-state index contributed by atoms with van der Waals surface area (Å²) in [4.78, 5) is 12.5. The average Bonchev–Trinajstić information content (AvgIpc) is 2.49. The van der Waals surface area contributed by atoms with E-state index in [0.29, 0.717) is 6.55 Å². The summed E-state index contributed by atoms with van der Waals surface area (Å²) in [6.45, 7) is 0.567. The third-order valence-electron chi connectivity index (χ3n) is 3.23. The van der Waals surface area contributed by atoms with Gasteiger partial charge in [0.15, 0.2) is 46.5 Å². The van der Waals surface area contributed by atoms with Crippen molar-refractivity contribution in [3.8, 4) is 0 Å². The van der Waals surface area contributed by atoms with Crippen LogP contribution >= 0.6 is 0 Å². The SMILES string of the molecule is C[Si]([O-])(c1cc(F)c(F)c(F)c1F)c1cc(F)c(F)c(F)c1F.[Br-].[Mg+2]. The minimum Gasteiger partial charge on any atom is -1.00 e. The molecule has 12 heteroatoms. The fraction of sp³-hybridized carbons (Fsp3) is 0.0769. The fourth-order valence-electron chi connectivity index (χ4n) is 1.99. The Morgan fingerprint density at radius 2 is 0.920 bits per heavy atom. The van der Waals surface area contributed by atoms with Gasteiger partial charge in [0.1, 0.15) is 0 Å². The Balaban J connectivity index is 0.00000288. The fourth-order valence-corrected chi connectivity index (χ4v) is 4.14. The van der Waals surface area contributed by atoms with Crippen LogP contribution in [-0.4, -0.2) is 31.4 Å². The van der Waals surface area contributed by atoms with Crippen LogP contribution in [-0.2, 0) is 0 Å². The maximum atomic E-state index is 13.7.